The van der Waals surface area contributed by atoms with Crippen LogP contribution in [0.1, 0.15) is 5.56 Å². The second-order valence-corrected chi connectivity index (χ2v) is 4.03. The van der Waals surface area contributed by atoms with Gasteiger partial charge in [0.15, 0.2) is 0 Å². The lowest BCUT2D eigenvalue weighted by molar-refractivity contribution is 1.50. The second kappa shape index (κ2) is 2.98. The Kier molecular flexibility index (Phi) is 1.97. The fourth-order valence-corrected chi connectivity index (χ4v) is 2.50. The summed E-state index contributed by atoms with van der Waals surface area (Å²) in [7, 11) is 4.36. The average molecular weight is 172 g/mol. The van der Waals surface area contributed by atoms with E-state index in [1.807, 2.05) is 11.3 Å². The van der Waals surface area contributed by atoms with E-state index in [1.54, 1.807) is 0 Å². The Morgan fingerprint density at radius 2 is 2.17 bits per heavy atom. The number of fused-ring (bicyclic) bond motifs is 1. The zero-order valence-corrected chi connectivity index (χ0v) is 8.24. The maximum Gasteiger partial charge on any atom is 0.139 e. The third kappa shape index (κ3) is 1.18. The van der Waals surface area contributed by atoms with Crippen LogP contribution in [-0.4, -0.2) is 15.7 Å². The summed E-state index contributed by atoms with van der Waals surface area (Å²) < 4.78 is 1.41. The predicted molar refractivity (Wildman–Crippen MR) is 62.3 cm³/mol. The van der Waals surface area contributed by atoms with Gasteiger partial charge in [0.05, 0.1) is 0 Å². The van der Waals surface area contributed by atoms with Gasteiger partial charge in [0.1, 0.15) is 15.7 Å². The number of hydrogen-bond donors (Lipinski definition) is 0. The van der Waals surface area contributed by atoms with Crippen LogP contribution in [0.4, 0.5) is 0 Å². The van der Waals surface area contributed by atoms with Crippen molar-refractivity contribution in [1.82, 2.24) is 0 Å². The molecule has 0 saturated carbocycles. The van der Waals surface area contributed by atoms with Crippen molar-refractivity contribution in [3.8, 4) is 0 Å². The van der Waals surface area contributed by atoms with E-state index >= 15 is 0 Å². The van der Waals surface area contributed by atoms with Gasteiger partial charge in [0.25, 0.3) is 0 Å². The van der Waals surface area contributed by atoms with E-state index in [9.17, 15) is 0 Å². The molecule has 0 aliphatic heterocycles. The van der Waals surface area contributed by atoms with Crippen LogP contribution in [0, 0.1) is 0 Å². The van der Waals surface area contributed by atoms with Crippen molar-refractivity contribution >= 4 is 42.6 Å². The van der Waals surface area contributed by atoms with Gasteiger partial charge in [-0.25, -0.2) is 0 Å². The van der Waals surface area contributed by atoms with Gasteiger partial charge in [-0.15, -0.1) is 11.3 Å². The van der Waals surface area contributed by atoms with Crippen LogP contribution in [-0.2, 0) is 6.32 Å². The van der Waals surface area contributed by atoms with Crippen molar-refractivity contribution < 1.29 is 0 Å². The van der Waals surface area contributed by atoms with Gasteiger partial charge < -0.3 is 0 Å². The van der Waals surface area contributed by atoms with Crippen LogP contribution in [0.2, 0.25) is 0 Å². The summed E-state index contributed by atoms with van der Waals surface area (Å²) in [5.41, 5.74) is 2.84. The van der Waals surface area contributed by atoms with Crippen LogP contribution in [0.5, 0.6) is 0 Å². The molecular formula is C9H10B2S. The summed E-state index contributed by atoms with van der Waals surface area (Å²) in [6.45, 7) is 0. The van der Waals surface area contributed by atoms with Gasteiger partial charge in [0.2, 0.25) is 0 Å². The highest BCUT2D eigenvalue weighted by atomic mass is 32.1. The van der Waals surface area contributed by atoms with Crippen LogP contribution in [0.25, 0.3) is 10.1 Å². The zero-order chi connectivity index (χ0) is 8.55. The van der Waals surface area contributed by atoms with E-state index in [2.05, 4.69) is 39.3 Å². The molecule has 0 saturated heterocycles. The lowest BCUT2D eigenvalue weighted by Crippen LogP contribution is -1.99. The molecule has 0 spiro atoms. The molecule has 1 heterocycles. The Hall–Kier alpha value is -0.690. The molecule has 0 aliphatic carbocycles. The lowest BCUT2D eigenvalue weighted by atomic mass is 9.91. The van der Waals surface area contributed by atoms with Crippen molar-refractivity contribution in [3.05, 3.63) is 29.1 Å². The smallest absolute Gasteiger partial charge is 0.139 e. The largest absolute Gasteiger partial charge is 0.144 e. The fourth-order valence-electron chi connectivity index (χ4n) is 1.47. The molecule has 0 nitrogen and oxygen atoms in total. The lowest BCUT2D eigenvalue weighted by Gasteiger charge is -1.95. The highest BCUT2D eigenvalue weighted by molar-refractivity contribution is 7.17. The summed E-state index contributed by atoms with van der Waals surface area (Å²) in [5.74, 6) is 0. The Balaban J connectivity index is 2.75. The van der Waals surface area contributed by atoms with Gasteiger partial charge in [-0.2, -0.15) is 0 Å². The monoisotopic (exact) mass is 172 g/mol. The summed E-state index contributed by atoms with van der Waals surface area (Å²) in [5, 5.41) is 3.71. The Morgan fingerprint density at radius 1 is 1.33 bits per heavy atom. The molecule has 0 fully saturated rings. The van der Waals surface area contributed by atoms with E-state index in [4.69, 9.17) is 0 Å². The van der Waals surface area contributed by atoms with Crippen LogP contribution >= 0.6 is 11.3 Å². The van der Waals surface area contributed by atoms with E-state index in [-0.39, 0.29) is 0 Å². The third-order valence-electron chi connectivity index (χ3n) is 2.19. The molecule has 0 unspecified atom stereocenters. The molecule has 1 aromatic carbocycles. The molecule has 3 heteroatoms. The fraction of sp³-hybridized carbons (Fsp3) is 0.111. The molecule has 58 valence electrons. The molecule has 0 N–H and O–H groups in total. The topological polar surface area (TPSA) is 0 Å². The van der Waals surface area contributed by atoms with Gasteiger partial charge in [0, 0.05) is 4.70 Å². The second-order valence-electron chi connectivity index (χ2n) is 3.11. The van der Waals surface area contributed by atoms with Crippen molar-refractivity contribution in [2.75, 3.05) is 0 Å². The minimum atomic E-state index is 1.14. The standard InChI is InChI=1S/C9H10B2S/c10-4-6-5-12-9-2-1-7(11)3-8(6)9/h1-3,5H,4,10-11H2. The first-order chi connectivity index (χ1) is 5.81. The van der Waals surface area contributed by atoms with Gasteiger partial charge in [-0.05, 0) is 22.4 Å². The molecule has 0 atom stereocenters. The van der Waals surface area contributed by atoms with Crippen LogP contribution < -0.4 is 5.46 Å². The van der Waals surface area contributed by atoms with Crippen molar-refractivity contribution in [3.63, 3.8) is 0 Å². The molecule has 2 aromatic rings. The SMILES string of the molecule is BCc1csc2ccc(B)cc12. The summed E-state index contributed by atoms with van der Waals surface area (Å²) >= 11 is 1.85. The highest BCUT2D eigenvalue weighted by Crippen LogP contribution is 2.24. The molecule has 0 amide bonds. The molecule has 1 aromatic heterocycles. The first kappa shape index (κ1) is 7.93. The molecule has 0 bridgehead atoms. The normalized spacial score (nSPS) is 10.7. The van der Waals surface area contributed by atoms with Crippen molar-refractivity contribution in [2.24, 2.45) is 0 Å². The molecule has 12 heavy (non-hydrogen) atoms. The summed E-state index contributed by atoms with van der Waals surface area (Å²) in [6, 6.07) is 6.68. The third-order valence-corrected chi connectivity index (χ3v) is 3.20. The molecular weight excluding hydrogens is 162 g/mol. The van der Waals surface area contributed by atoms with E-state index < -0.39 is 0 Å². The van der Waals surface area contributed by atoms with Crippen LogP contribution in [0.15, 0.2) is 23.6 Å². The summed E-state index contributed by atoms with van der Waals surface area (Å²) in [4.78, 5) is 0. The zero-order valence-electron chi connectivity index (χ0n) is 7.42. The van der Waals surface area contributed by atoms with Gasteiger partial charge in [-0.1, -0.05) is 23.9 Å². The molecule has 0 radical (unpaired) electrons. The average Bonchev–Trinajstić information content (AvgIpc) is 2.46. The first-order valence-electron chi connectivity index (χ1n) is 4.28. The quantitative estimate of drug-likeness (QED) is 0.542. The van der Waals surface area contributed by atoms with Crippen LogP contribution in [0.3, 0.4) is 0 Å². The van der Waals surface area contributed by atoms with Gasteiger partial charge in [-0.3, -0.25) is 0 Å². The Labute approximate surface area is 78.4 Å². The summed E-state index contributed by atoms with van der Waals surface area (Å²) in [6.07, 6.45) is 1.14. The van der Waals surface area contributed by atoms with Crippen molar-refractivity contribution in [2.45, 2.75) is 6.32 Å². The Bertz CT molecular complexity index is 406. The number of hydrogen-bond acceptors (Lipinski definition) is 1. The Morgan fingerprint density at radius 3 is 2.92 bits per heavy atom. The van der Waals surface area contributed by atoms with Crippen molar-refractivity contribution in [1.29, 1.82) is 0 Å². The maximum atomic E-state index is 2.28. The number of thiophene rings is 1. The highest BCUT2D eigenvalue weighted by Gasteiger charge is 2.00. The first-order valence-corrected chi connectivity index (χ1v) is 5.16. The van der Waals surface area contributed by atoms with E-state index in [0.717, 1.165) is 6.32 Å². The molecule has 2 rings (SSSR count). The number of rotatable bonds is 1. The maximum absolute atomic E-state index is 2.28. The van der Waals surface area contributed by atoms with E-state index in [0.29, 0.717) is 0 Å². The van der Waals surface area contributed by atoms with Gasteiger partial charge >= 0.3 is 0 Å². The predicted octanol–water partition coefficient (Wildman–Crippen LogP) is 0.293. The molecule has 0 aliphatic rings. The minimum absolute atomic E-state index is 1.14. The van der Waals surface area contributed by atoms with E-state index in [1.165, 1.54) is 21.1 Å². The number of benzene rings is 1. The minimum Gasteiger partial charge on any atom is -0.144 e.